The van der Waals surface area contributed by atoms with Crippen molar-refractivity contribution in [3.05, 3.63) is 58.9 Å². The first-order chi connectivity index (χ1) is 9.78. The van der Waals surface area contributed by atoms with Crippen LogP contribution in [0.5, 0.6) is 5.75 Å². The molecule has 0 saturated carbocycles. The quantitative estimate of drug-likeness (QED) is 0.767. The molecule has 0 unspecified atom stereocenters. The van der Waals surface area contributed by atoms with Crippen molar-refractivity contribution < 1.29 is 9.13 Å². The summed E-state index contributed by atoms with van der Waals surface area (Å²) in [5, 5.41) is 0. The van der Waals surface area contributed by atoms with Crippen molar-refractivity contribution in [3.63, 3.8) is 0 Å². The van der Waals surface area contributed by atoms with Crippen molar-refractivity contribution in [2.75, 3.05) is 12.9 Å². The number of hydrogen-bond donors (Lipinski definition) is 0. The molecular formula is C17H13FOS. The lowest BCUT2D eigenvalue weighted by molar-refractivity contribution is 0.411. The van der Waals surface area contributed by atoms with Crippen LogP contribution in [0.25, 0.3) is 11.1 Å². The van der Waals surface area contributed by atoms with Crippen LogP contribution in [0.1, 0.15) is 16.7 Å². The lowest BCUT2D eigenvalue weighted by atomic mass is 10.0. The summed E-state index contributed by atoms with van der Waals surface area (Å²) in [6.07, 6.45) is 0.883. The summed E-state index contributed by atoms with van der Waals surface area (Å²) >= 11 is 1.72. The maximum Gasteiger partial charge on any atom is 0.124 e. The minimum Gasteiger partial charge on any atom is -0.496 e. The monoisotopic (exact) mass is 284 g/mol. The van der Waals surface area contributed by atoms with E-state index >= 15 is 0 Å². The van der Waals surface area contributed by atoms with E-state index in [0.29, 0.717) is 0 Å². The van der Waals surface area contributed by atoms with Gasteiger partial charge in [-0.15, -0.1) is 11.8 Å². The number of fused-ring (bicyclic) bond motifs is 4. The Balaban J connectivity index is 1.89. The van der Waals surface area contributed by atoms with Gasteiger partial charge in [0.05, 0.1) is 7.11 Å². The molecule has 100 valence electrons. The number of ether oxygens (including phenoxy) is 1. The van der Waals surface area contributed by atoms with E-state index in [4.69, 9.17) is 4.74 Å². The maximum absolute atomic E-state index is 13.4. The molecular weight excluding hydrogens is 271 g/mol. The van der Waals surface area contributed by atoms with Gasteiger partial charge in [0.1, 0.15) is 11.6 Å². The summed E-state index contributed by atoms with van der Waals surface area (Å²) in [7, 11) is 1.71. The molecule has 0 N–H and O–H groups in total. The smallest absolute Gasteiger partial charge is 0.124 e. The molecule has 1 aliphatic carbocycles. The van der Waals surface area contributed by atoms with Crippen LogP contribution in [0.3, 0.4) is 0 Å². The molecule has 0 spiro atoms. The predicted molar refractivity (Wildman–Crippen MR) is 80.6 cm³/mol. The number of methoxy groups -OCH3 is 1. The molecule has 0 radical (unpaired) electrons. The van der Waals surface area contributed by atoms with Gasteiger partial charge in [0, 0.05) is 22.6 Å². The summed E-state index contributed by atoms with van der Waals surface area (Å²) in [5.41, 5.74) is 6.44. The molecule has 2 aromatic rings. The molecule has 1 aliphatic heterocycles. The van der Waals surface area contributed by atoms with Crippen molar-refractivity contribution in [1.82, 2.24) is 0 Å². The van der Waals surface area contributed by atoms with Crippen molar-refractivity contribution >= 4 is 22.9 Å². The molecule has 4 rings (SSSR count). The van der Waals surface area contributed by atoms with E-state index < -0.39 is 0 Å². The van der Waals surface area contributed by atoms with E-state index in [1.807, 2.05) is 18.2 Å². The Morgan fingerprint density at radius 3 is 2.85 bits per heavy atom. The Morgan fingerprint density at radius 1 is 1.10 bits per heavy atom. The standard InChI is InChI=1S/C17H13FOS/c1-19-16-4-2-3-11-14(16)8-13-12-6-5-10(18)7-17(12)20-9-15(11)13/h2-7H,8-9H2,1H3. The highest BCUT2D eigenvalue weighted by Gasteiger charge is 2.29. The van der Waals surface area contributed by atoms with E-state index in [2.05, 4.69) is 6.07 Å². The summed E-state index contributed by atoms with van der Waals surface area (Å²) in [6.45, 7) is 0. The average molecular weight is 284 g/mol. The zero-order valence-electron chi connectivity index (χ0n) is 11.1. The van der Waals surface area contributed by atoms with Crippen molar-refractivity contribution in [1.29, 1.82) is 0 Å². The number of allylic oxidation sites excluding steroid dienone is 1. The summed E-state index contributed by atoms with van der Waals surface area (Å²) in [4.78, 5) is 1.05. The summed E-state index contributed by atoms with van der Waals surface area (Å²) < 4.78 is 18.8. The Bertz CT molecular complexity index is 749. The van der Waals surface area contributed by atoms with Gasteiger partial charge in [-0.25, -0.2) is 4.39 Å². The molecule has 3 heteroatoms. The predicted octanol–water partition coefficient (Wildman–Crippen LogP) is 4.41. The van der Waals surface area contributed by atoms with Crippen LogP contribution in [-0.4, -0.2) is 12.9 Å². The highest BCUT2D eigenvalue weighted by atomic mass is 32.2. The van der Waals surface area contributed by atoms with Gasteiger partial charge in [-0.3, -0.25) is 0 Å². The Morgan fingerprint density at radius 2 is 2.00 bits per heavy atom. The molecule has 0 bridgehead atoms. The summed E-state index contributed by atoms with van der Waals surface area (Å²) in [6, 6.07) is 11.3. The van der Waals surface area contributed by atoms with Crippen LogP contribution < -0.4 is 4.74 Å². The van der Waals surface area contributed by atoms with Crippen molar-refractivity contribution in [2.45, 2.75) is 11.3 Å². The van der Waals surface area contributed by atoms with Crippen molar-refractivity contribution in [3.8, 4) is 5.75 Å². The van der Waals surface area contributed by atoms with Crippen LogP contribution in [0.4, 0.5) is 4.39 Å². The van der Waals surface area contributed by atoms with Gasteiger partial charge in [0.2, 0.25) is 0 Å². The number of rotatable bonds is 1. The minimum atomic E-state index is -0.159. The molecule has 1 heterocycles. The second-order valence-electron chi connectivity index (χ2n) is 5.05. The molecule has 0 fully saturated rings. The highest BCUT2D eigenvalue weighted by molar-refractivity contribution is 7.99. The van der Waals surface area contributed by atoms with Gasteiger partial charge in [0.15, 0.2) is 0 Å². The van der Waals surface area contributed by atoms with Crippen LogP contribution >= 0.6 is 11.8 Å². The Hall–Kier alpha value is -1.74. The molecule has 20 heavy (non-hydrogen) atoms. The second-order valence-corrected chi connectivity index (χ2v) is 6.07. The average Bonchev–Trinajstić information content (AvgIpc) is 2.85. The largest absolute Gasteiger partial charge is 0.496 e. The fourth-order valence-corrected chi connectivity index (χ4v) is 4.28. The van der Waals surface area contributed by atoms with Crippen LogP contribution in [0.15, 0.2) is 41.3 Å². The Labute approximate surface area is 121 Å². The van der Waals surface area contributed by atoms with E-state index in [9.17, 15) is 4.39 Å². The molecule has 2 aromatic carbocycles. The van der Waals surface area contributed by atoms with Gasteiger partial charge < -0.3 is 4.74 Å². The first kappa shape index (κ1) is 12.0. The second kappa shape index (κ2) is 4.38. The first-order valence-corrected chi connectivity index (χ1v) is 7.57. The lowest BCUT2D eigenvalue weighted by Gasteiger charge is -2.18. The van der Waals surface area contributed by atoms with E-state index in [0.717, 1.165) is 22.8 Å². The zero-order chi connectivity index (χ0) is 13.7. The van der Waals surface area contributed by atoms with E-state index in [1.54, 1.807) is 31.0 Å². The summed E-state index contributed by atoms with van der Waals surface area (Å²) in [5.74, 6) is 1.70. The third kappa shape index (κ3) is 1.63. The molecule has 0 amide bonds. The van der Waals surface area contributed by atoms with Gasteiger partial charge in [-0.1, -0.05) is 18.2 Å². The number of benzene rings is 2. The lowest BCUT2D eigenvalue weighted by Crippen LogP contribution is -1.98. The van der Waals surface area contributed by atoms with Crippen LogP contribution in [0, 0.1) is 5.82 Å². The number of hydrogen-bond acceptors (Lipinski definition) is 2. The zero-order valence-corrected chi connectivity index (χ0v) is 11.9. The molecule has 2 aliphatic rings. The van der Waals surface area contributed by atoms with Gasteiger partial charge in [-0.05, 0) is 40.5 Å². The normalized spacial score (nSPS) is 15.7. The number of thioether (sulfide) groups is 1. The minimum absolute atomic E-state index is 0.159. The van der Waals surface area contributed by atoms with Gasteiger partial charge >= 0.3 is 0 Å². The fourth-order valence-electron chi connectivity index (χ4n) is 3.11. The molecule has 0 atom stereocenters. The van der Waals surface area contributed by atoms with Gasteiger partial charge in [0.25, 0.3) is 0 Å². The molecule has 0 aromatic heterocycles. The molecule has 1 nitrogen and oxygen atoms in total. The highest BCUT2D eigenvalue weighted by Crippen LogP contribution is 2.49. The number of halogens is 1. The van der Waals surface area contributed by atoms with Crippen molar-refractivity contribution in [2.24, 2.45) is 0 Å². The maximum atomic E-state index is 13.4. The van der Waals surface area contributed by atoms with E-state index in [1.165, 1.54) is 27.8 Å². The SMILES string of the molecule is COc1cccc2c1CC1=C2CSc2cc(F)ccc21. The van der Waals surface area contributed by atoms with Crippen LogP contribution in [0.2, 0.25) is 0 Å². The third-order valence-electron chi connectivity index (χ3n) is 4.04. The Kier molecular flexibility index (Phi) is 2.64. The van der Waals surface area contributed by atoms with E-state index in [-0.39, 0.29) is 5.82 Å². The topological polar surface area (TPSA) is 9.23 Å². The molecule has 0 saturated heterocycles. The van der Waals surface area contributed by atoms with Crippen LogP contribution in [-0.2, 0) is 6.42 Å². The fraction of sp³-hybridized carbons (Fsp3) is 0.176. The van der Waals surface area contributed by atoms with Gasteiger partial charge in [-0.2, -0.15) is 0 Å². The first-order valence-electron chi connectivity index (χ1n) is 6.59. The third-order valence-corrected chi connectivity index (χ3v) is 5.12.